The quantitative estimate of drug-likeness (QED) is 0.622. The van der Waals surface area contributed by atoms with Crippen molar-refractivity contribution in [1.82, 2.24) is 9.80 Å². The molecule has 0 unspecified atom stereocenters. The molecule has 0 spiro atoms. The first-order valence-corrected chi connectivity index (χ1v) is 4.96. The van der Waals surface area contributed by atoms with Crippen LogP contribution in [0.1, 0.15) is 13.8 Å². The minimum absolute atomic E-state index is 0.267. The van der Waals surface area contributed by atoms with E-state index in [4.69, 9.17) is 11.6 Å². The monoisotopic (exact) mass is 204 g/mol. The summed E-state index contributed by atoms with van der Waals surface area (Å²) in [6.45, 7) is 7.62. The zero-order chi connectivity index (χ0) is 10.1. The molecule has 13 heavy (non-hydrogen) atoms. The minimum Gasteiger partial charge on any atom is -0.304 e. The molecule has 0 bridgehead atoms. The lowest BCUT2D eigenvalue weighted by Gasteiger charge is -2.40. The zero-order valence-electron chi connectivity index (χ0n) is 8.51. The third-order valence-electron chi connectivity index (χ3n) is 2.77. The molecule has 1 aliphatic rings. The van der Waals surface area contributed by atoms with Gasteiger partial charge in [0.25, 0.3) is 0 Å². The van der Waals surface area contributed by atoms with Crippen molar-refractivity contribution in [2.75, 3.05) is 33.2 Å². The van der Waals surface area contributed by atoms with Crippen LogP contribution in [0.15, 0.2) is 0 Å². The average Bonchev–Trinajstić information content (AvgIpc) is 2.04. The van der Waals surface area contributed by atoms with Gasteiger partial charge in [-0.15, -0.1) is 0 Å². The Kier molecular flexibility index (Phi) is 3.33. The van der Waals surface area contributed by atoms with E-state index in [9.17, 15) is 4.79 Å². The van der Waals surface area contributed by atoms with Gasteiger partial charge in [-0.25, -0.2) is 0 Å². The Bertz CT molecular complexity index is 198. The van der Waals surface area contributed by atoms with Crippen LogP contribution in [0.2, 0.25) is 0 Å². The molecule has 0 aromatic rings. The zero-order valence-corrected chi connectivity index (χ0v) is 9.26. The number of piperazine rings is 1. The van der Waals surface area contributed by atoms with Gasteiger partial charge in [-0.05, 0) is 32.5 Å². The third kappa shape index (κ3) is 2.42. The van der Waals surface area contributed by atoms with Crippen LogP contribution in [0.3, 0.4) is 0 Å². The molecule has 0 saturated carbocycles. The lowest BCUT2D eigenvalue weighted by Crippen LogP contribution is -2.56. The molecule has 76 valence electrons. The number of nitrogens with zero attached hydrogens (tertiary/aromatic N) is 2. The number of likely N-dealkylation sites (N-methyl/N-ethyl adjacent to an activating group) is 1. The molecule has 0 aliphatic carbocycles. The fourth-order valence-corrected chi connectivity index (χ4v) is 1.61. The van der Waals surface area contributed by atoms with Gasteiger partial charge in [0.05, 0.1) is 5.54 Å². The van der Waals surface area contributed by atoms with E-state index in [1.807, 2.05) is 13.8 Å². The Hall–Kier alpha value is -0.120. The lowest BCUT2D eigenvalue weighted by atomic mass is 10.0. The molecule has 3 nitrogen and oxygen atoms in total. The van der Waals surface area contributed by atoms with Gasteiger partial charge in [-0.3, -0.25) is 9.69 Å². The third-order valence-corrected chi connectivity index (χ3v) is 3.24. The summed E-state index contributed by atoms with van der Waals surface area (Å²) in [7, 11) is 2.09. The summed E-state index contributed by atoms with van der Waals surface area (Å²) >= 11 is 5.54. The maximum Gasteiger partial charge on any atom is 0.241 e. The largest absolute Gasteiger partial charge is 0.304 e. The van der Waals surface area contributed by atoms with Crippen LogP contribution < -0.4 is 0 Å². The van der Waals surface area contributed by atoms with Crippen molar-refractivity contribution in [3.63, 3.8) is 0 Å². The normalized spacial score (nSPS) is 21.8. The fourth-order valence-electron chi connectivity index (χ4n) is 1.49. The maximum absolute atomic E-state index is 11.2. The van der Waals surface area contributed by atoms with Gasteiger partial charge in [0.1, 0.15) is 0 Å². The smallest absolute Gasteiger partial charge is 0.241 e. The first-order valence-electron chi connectivity index (χ1n) is 4.58. The Labute approximate surface area is 84.6 Å². The summed E-state index contributed by atoms with van der Waals surface area (Å²) < 4.78 is 0. The summed E-state index contributed by atoms with van der Waals surface area (Å²) in [5.74, 6) is 0. The minimum atomic E-state index is -0.511. The first kappa shape index (κ1) is 11.0. The van der Waals surface area contributed by atoms with Gasteiger partial charge in [0.2, 0.25) is 5.24 Å². The van der Waals surface area contributed by atoms with Crippen LogP contribution in [0.25, 0.3) is 0 Å². The van der Waals surface area contributed by atoms with Gasteiger partial charge in [-0.2, -0.15) is 0 Å². The van der Waals surface area contributed by atoms with E-state index in [1.54, 1.807) is 0 Å². The predicted octanol–water partition coefficient (Wildman–Crippen LogP) is 0.778. The van der Waals surface area contributed by atoms with Gasteiger partial charge in [-0.1, -0.05) is 0 Å². The molecule has 1 saturated heterocycles. The Morgan fingerprint density at radius 1 is 1.23 bits per heavy atom. The highest BCUT2D eigenvalue weighted by molar-refractivity contribution is 6.65. The predicted molar refractivity (Wildman–Crippen MR) is 54.0 cm³/mol. The van der Waals surface area contributed by atoms with Crippen LogP contribution in [0.4, 0.5) is 0 Å². The van der Waals surface area contributed by atoms with Crippen LogP contribution in [0.5, 0.6) is 0 Å². The van der Waals surface area contributed by atoms with E-state index in [0.717, 1.165) is 26.2 Å². The summed E-state index contributed by atoms with van der Waals surface area (Å²) in [5, 5.41) is -0.267. The molecule has 1 heterocycles. The highest BCUT2D eigenvalue weighted by Crippen LogP contribution is 2.19. The second-order valence-corrected chi connectivity index (χ2v) is 4.47. The van der Waals surface area contributed by atoms with Crippen molar-refractivity contribution in [2.45, 2.75) is 19.4 Å². The average molecular weight is 205 g/mol. The molecule has 0 atom stereocenters. The van der Waals surface area contributed by atoms with Crippen molar-refractivity contribution in [1.29, 1.82) is 0 Å². The Morgan fingerprint density at radius 3 is 2.08 bits per heavy atom. The number of carbonyl (C=O) groups is 1. The van der Waals surface area contributed by atoms with Gasteiger partial charge in [0, 0.05) is 26.2 Å². The SMILES string of the molecule is CN1CCN(C(C)(C)C(=O)Cl)CC1. The number of rotatable bonds is 2. The van der Waals surface area contributed by atoms with Crippen LogP contribution in [0, 0.1) is 0 Å². The first-order chi connectivity index (χ1) is 5.94. The fraction of sp³-hybridized carbons (Fsp3) is 0.889. The van der Waals surface area contributed by atoms with Crippen molar-refractivity contribution < 1.29 is 4.79 Å². The van der Waals surface area contributed by atoms with Gasteiger partial charge < -0.3 is 4.90 Å². The highest BCUT2D eigenvalue weighted by Gasteiger charge is 2.34. The topological polar surface area (TPSA) is 23.6 Å². The molecule has 0 aromatic carbocycles. The van der Waals surface area contributed by atoms with Crippen molar-refractivity contribution in [3.05, 3.63) is 0 Å². The van der Waals surface area contributed by atoms with E-state index in [0.29, 0.717) is 0 Å². The molecule has 0 amide bonds. The Balaban J connectivity index is 2.58. The summed E-state index contributed by atoms with van der Waals surface area (Å²) in [6, 6.07) is 0. The molecular weight excluding hydrogens is 188 g/mol. The number of hydrogen-bond acceptors (Lipinski definition) is 3. The number of halogens is 1. The summed E-state index contributed by atoms with van der Waals surface area (Å²) in [4.78, 5) is 15.6. The Morgan fingerprint density at radius 2 is 1.69 bits per heavy atom. The van der Waals surface area contributed by atoms with Gasteiger partial charge >= 0.3 is 0 Å². The van der Waals surface area contributed by atoms with E-state index < -0.39 is 5.54 Å². The van der Waals surface area contributed by atoms with Gasteiger partial charge in [0.15, 0.2) is 0 Å². The summed E-state index contributed by atoms with van der Waals surface area (Å²) in [5.41, 5.74) is -0.511. The maximum atomic E-state index is 11.2. The van der Waals surface area contributed by atoms with Crippen molar-refractivity contribution in [2.24, 2.45) is 0 Å². The molecule has 0 radical (unpaired) electrons. The molecule has 0 aromatic heterocycles. The number of carbonyl (C=O) groups excluding carboxylic acids is 1. The molecule has 1 rings (SSSR count). The van der Waals surface area contributed by atoms with Crippen LogP contribution in [-0.4, -0.2) is 53.8 Å². The van der Waals surface area contributed by atoms with E-state index in [-0.39, 0.29) is 5.24 Å². The summed E-state index contributed by atoms with van der Waals surface area (Å²) in [6.07, 6.45) is 0. The van der Waals surface area contributed by atoms with E-state index in [2.05, 4.69) is 16.8 Å². The molecule has 1 fully saturated rings. The molecule has 1 aliphatic heterocycles. The highest BCUT2D eigenvalue weighted by atomic mass is 35.5. The molecular formula is C9H17ClN2O. The molecule has 0 N–H and O–H groups in total. The second kappa shape index (κ2) is 3.95. The second-order valence-electron chi connectivity index (χ2n) is 4.12. The van der Waals surface area contributed by atoms with E-state index in [1.165, 1.54) is 0 Å². The lowest BCUT2D eigenvalue weighted by molar-refractivity contribution is -0.122. The standard InChI is InChI=1S/C9H17ClN2O/c1-9(2,8(10)13)12-6-4-11(3)5-7-12/h4-7H2,1-3H3. The van der Waals surface area contributed by atoms with Crippen LogP contribution >= 0.6 is 11.6 Å². The van der Waals surface area contributed by atoms with Crippen molar-refractivity contribution in [3.8, 4) is 0 Å². The van der Waals surface area contributed by atoms with Crippen LogP contribution in [-0.2, 0) is 4.79 Å². The molecule has 4 heteroatoms. The number of hydrogen-bond donors (Lipinski definition) is 0. The van der Waals surface area contributed by atoms with Crippen molar-refractivity contribution >= 4 is 16.8 Å². The van der Waals surface area contributed by atoms with E-state index >= 15 is 0 Å².